The number of amides is 2. The number of nitrogens with two attached hydrogens (primary N) is 1. The molecule has 1 unspecified atom stereocenters. The number of aromatic nitrogens is 1. The Morgan fingerprint density at radius 3 is 2.23 bits per heavy atom. The molecule has 1 aromatic heterocycles. The third kappa shape index (κ3) is 7.78. The van der Waals surface area contributed by atoms with Crippen molar-refractivity contribution in [2.75, 3.05) is 43.4 Å². The molecular formula is C37H37ClF3N5O6. The smallest absolute Gasteiger partial charge is 0.320 e. The van der Waals surface area contributed by atoms with E-state index < -0.39 is 40.7 Å². The maximum absolute atomic E-state index is 15.2. The highest BCUT2D eigenvalue weighted by Gasteiger charge is 2.57. The maximum Gasteiger partial charge on any atom is 0.320 e. The molecule has 1 aliphatic heterocycles. The van der Waals surface area contributed by atoms with Crippen molar-refractivity contribution in [1.29, 1.82) is 0 Å². The van der Waals surface area contributed by atoms with E-state index in [1.807, 2.05) is 0 Å². The Kier molecular flexibility index (Phi) is 10.6. The summed E-state index contributed by atoms with van der Waals surface area (Å²) < 4.78 is 60.8. The van der Waals surface area contributed by atoms with Gasteiger partial charge in [-0.1, -0.05) is 0 Å². The first-order valence-corrected chi connectivity index (χ1v) is 16.8. The number of carbonyl (C=O) groups is 3. The average molecular weight is 740 g/mol. The lowest BCUT2D eigenvalue weighted by molar-refractivity contribution is -0.149. The predicted octanol–water partition coefficient (Wildman–Crippen LogP) is 5.96. The fourth-order valence-electron chi connectivity index (χ4n) is 6.51. The summed E-state index contributed by atoms with van der Waals surface area (Å²) in [5.74, 6) is -3.41. The molecule has 1 spiro atoms. The van der Waals surface area contributed by atoms with E-state index >= 15 is 8.78 Å². The van der Waals surface area contributed by atoms with Gasteiger partial charge in [0.2, 0.25) is 11.8 Å². The van der Waals surface area contributed by atoms with Crippen LogP contribution in [0.3, 0.4) is 0 Å². The molecule has 3 aliphatic rings. The van der Waals surface area contributed by atoms with E-state index in [-0.39, 0.29) is 60.0 Å². The second-order valence-corrected chi connectivity index (χ2v) is 13.3. The highest BCUT2D eigenvalue weighted by atomic mass is 35.5. The second-order valence-electron chi connectivity index (χ2n) is 13.3. The summed E-state index contributed by atoms with van der Waals surface area (Å²) >= 11 is 0. The Bertz CT molecular complexity index is 1990. The molecule has 274 valence electrons. The lowest BCUT2D eigenvalue weighted by Crippen LogP contribution is -2.35. The van der Waals surface area contributed by atoms with Gasteiger partial charge in [-0.15, -0.1) is 12.4 Å². The van der Waals surface area contributed by atoms with Gasteiger partial charge in [0.25, 0.3) is 0 Å². The van der Waals surface area contributed by atoms with Crippen LogP contribution in [0.5, 0.6) is 17.2 Å². The molecule has 2 saturated carbocycles. The minimum absolute atomic E-state index is 0. The third-order valence-electron chi connectivity index (χ3n) is 9.74. The van der Waals surface area contributed by atoms with Gasteiger partial charge in [0.05, 0.1) is 18.7 Å². The molecule has 2 amide bonds. The Morgan fingerprint density at radius 2 is 1.56 bits per heavy atom. The van der Waals surface area contributed by atoms with Crippen molar-refractivity contribution < 1.29 is 41.8 Å². The highest BCUT2D eigenvalue weighted by molar-refractivity contribution is 6.16. The van der Waals surface area contributed by atoms with Gasteiger partial charge in [0.1, 0.15) is 23.1 Å². The van der Waals surface area contributed by atoms with Crippen molar-refractivity contribution in [2.45, 2.75) is 38.2 Å². The molecule has 3 aromatic carbocycles. The molecular weight excluding hydrogens is 703 g/mol. The molecule has 11 nitrogen and oxygen atoms in total. The lowest BCUT2D eigenvalue weighted by atomic mass is 10.0. The van der Waals surface area contributed by atoms with Crippen LogP contribution in [0.4, 0.5) is 24.5 Å². The topological polar surface area (TPSA) is 145 Å². The predicted molar refractivity (Wildman–Crippen MR) is 188 cm³/mol. The number of pyridine rings is 1. The average Bonchev–Trinajstić information content (AvgIpc) is 4.04. The van der Waals surface area contributed by atoms with Crippen molar-refractivity contribution in [3.05, 3.63) is 84.3 Å². The molecule has 2 aliphatic carbocycles. The van der Waals surface area contributed by atoms with Crippen molar-refractivity contribution in [3.8, 4) is 17.2 Å². The normalized spacial score (nSPS) is 18.0. The number of benzene rings is 3. The van der Waals surface area contributed by atoms with Gasteiger partial charge in [0.15, 0.2) is 23.1 Å². The molecule has 1 saturated heterocycles. The summed E-state index contributed by atoms with van der Waals surface area (Å²) in [4.78, 5) is 44.1. The number of rotatable bonds is 13. The third-order valence-corrected chi connectivity index (χ3v) is 9.74. The van der Waals surface area contributed by atoms with Gasteiger partial charge in [-0.25, -0.2) is 13.2 Å². The van der Waals surface area contributed by atoms with Gasteiger partial charge in [0, 0.05) is 60.1 Å². The minimum atomic E-state index is -1.32. The Hall–Kier alpha value is -4.92. The maximum atomic E-state index is 15.2. The van der Waals surface area contributed by atoms with Crippen LogP contribution in [0.1, 0.15) is 32.1 Å². The molecule has 2 heterocycles. The first-order valence-electron chi connectivity index (χ1n) is 16.8. The number of ether oxygens (including phenoxy) is 3. The number of nitrogens with zero attached hydrogens (tertiary/aromatic N) is 2. The Labute approximate surface area is 303 Å². The van der Waals surface area contributed by atoms with Crippen LogP contribution in [-0.4, -0.2) is 66.6 Å². The summed E-state index contributed by atoms with van der Waals surface area (Å²) in [5.41, 5.74) is 4.96. The van der Waals surface area contributed by atoms with Crippen LogP contribution in [0.2, 0.25) is 0 Å². The number of hydrogen-bond donors (Lipinski definition) is 3. The first kappa shape index (κ1) is 36.9. The number of halogens is 4. The van der Waals surface area contributed by atoms with Crippen molar-refractivity contribution in [3.63, 3.8) is 0 Å². The number of anilines is 2. The van der Waals surface area contributed by atoms with E-state index in [2.05, 4.69) is 20.5 Å². The summed E-state index contributed by atoms with van der Waals surface area (Å²) in [6.45, 7) is 2.29. The quantitative estimate of drug-likeness (QED) is 0.0860. The highest BCUT2D eigenvalue weighted by Crippen LogP contribution is 2.54. The van der Waals surface area contributed by atoms with E-state index in [0.29, 0.717) is 48.9 Å². The summed E-state index contributed by atoms with van der Waals surface area (Å²) in [7, 11) is 0. The van der Waals surface area contributed by atoms with Crippen LogP contribution in [0.15, 0.2) is 66.9 Å². The van der Waals surface area contributed by atoms with Crippen LogP contribution < -0.4 is 25.8 Å². The zero-order valence-electron chi connectivity index (χ0n) is 28.0. The van der Waals surface area contributed by atoms with Gasteiger partial charge < -0.3 is 30.6 Å². The van der Waals surface area contributed by atoms with Gasteiger partial charge in [-0.3, -0.25) is 24.3 Å². The monoisotopic (exact) mass is 739 g/mol. The number of esters is 1. The van der Waals surface area contributed by atoms with Crippen molar-refractivity contribution >= 4 is 52.5 Å². The zero-order valence-corrected chi connectivity index (χ0v) is 28.8. The molecule has 4 N–H and O–H groups in total. The molecule has 15 heteroatoms. The Balaban J connectivity index is 0.00000464. The number of fused-ring (bicyclic) bond motifs is 1. The Morgan fingerprint density at radius 1 is 0.865 bits per heavy atom. The molecule has 1 atom stereocenters. The minimum Gasteiger partial charge on any atom is -0.490 e. The summed E-state index contributed by atoms with van der Waals surface area (Å²) in [6.07, 6.45) is 4.58. The van der Waals surface area contributed by atoms with Crippen molar-refractivity contribution in [2.24, 2.45) is 16.6 Å². The molecule has 0 radical (unpaired) electrons. The molecule has 7 rings (SSSR count). The van der Waals surface area contributed by atoms with Gasteiger partial charge in [-0.2, -0.15) is 0 Å². The lowest BCUT2D eigenvalue weighted by Gasteiger charge is -2.17. The SMILES string of the molecule is Cl.NCC(=O)OC1CN(CCCOc2cc3nccc(Oc4ccc(NC(=O)C5(C(=O)Nc6ccc(F)cc6)CC5)cc4F)c3cc2F)CC12CC2. The van der Waals surface area contributed by atoms with Crippen LogP contribution >= 0.6 is 12.4 Å². The molecule has 4 aromatic rings. The fourth-order valence-corrected chi connectivity index (χ4v) is 6.51. The van der Waals surface area contributed by atoms with E-state index in [1.165, 1.54) is 60.8 Å². The number of hydrogen-bond acceptors (Lipinski definition) is 9. The van der Waals surface area contributed by atoms with Gasteiger partial charge >= 0.3 is 5.97 Å². The largest absolute Gasteiger partial charge is 0.490 e. The van der Waals surface area contributed by atoms with Crippen LogP contribution in [0.25, 0.3) is 10.9 Å². The number of carbonyl (C=O) groups excluding carboxylic acids is 3. The summed E-state index contributed by atoms with van der Waals surface area (Å²) in [5, 5.41) is 5.52. The zero-order chi connectivity index (χ0) is 35.8. The molecule has 52 heavy (non-hydrogen) atoms. The van der Waals surface area contributed by atoms with E-state index in [4.69, 9.17) is 19.9 Å². The van der Waals surface area contributed by atoms with E-state index in [1.54, 1.807) is 0 Å². The van der Waals surface area contributed by atoms with Gasteiger partial charge in [-0.05, 0) is 80.6 Å². The van der Waals surface area contributed by atoms with E-state index in [9.17, 15) is 18.8 Å². The second kappa shape index (κ2) is 15.0. The van der Waals surface area contributed by atoms with Crippen molar-refractivity contribution in [1.82, 2.24) is 9.88 Å². The molecule has 0 bridgehead atoms. The first-order chi connectivity index (χ1) is 24.6. The van der Waals surface area contributed by atoms with Crippen LogP contribution in [0, 0.1) is 28.3 Å². The van der Waals surface area contributed by atoms with E-state index in [0.717, 1.165) is 25.5 Å². The fraction of sp³-hybridized carbons (Fsp3) is 0.351. The molecule has 3 fully saturated rings. The standard InChI is InChI=1S/C37H36F3N5O6.ClH/c38-22-2-4-23(5-3-22)43-34(47)37(11-12-37)35(48)44-24-6-7-30(26(39)16-24)50-29-8-13-42-28-18-31(27(40)17-25(28)29)49-15-1-14-45-20-32(51-33(46)19-41)36(21-45)9-10-36;/h2-8,13,16-18,32H,1,9-12,14-15,19-21,41H2,(H,43,47)(H,44,48);1H. The number of likely N-dealkylation sites (tertiary alicyclic amines) is 1. The summed E-state index contributed by atoms with van der Waals surface area (Å²) in [6, 6.07) is 13.2. The number of nitrogens with one attached hydrogen (secondary N) is 2. The van der Waals surface area contributed by atoms with Crippen LogP contribution in [-0.2, 0) is 19.1 Å².